The smallest absolute Gasteiger partial charge is 0.200 e. The standard InChI is InChI=1S/C8H10NO2S.C8H10NOS.2C2H6.2Y/c1-9-12(2,10)11-8-6-4-3-5-7-8;1-11(2,10)9-8-6-4-3-5-7-8;2*1-2;;/h3-6H,1-2H3;3-6H,1-2H3;2*1-2H3;;/q2*-1;;;;. The second kappa shape index (κ2) is 21.6. The van der Waals surface area contributed by atoms with E-state index in [0.29, 0.717) is 11.4 Å². The Kier molecular flexibility index (Phi) is 27.3. The molecule has 0 saturated carbocycles. The number of nitrogens with zero attached hydrogens (tertiary/aromatic N) is 2. The summed E-state index contributed by atoms with van der Waals surface area (Å²) in [6.45, 7) is 8.00. The van der Waals surface area contributed by atoms with Crippen LogP contribution < -0.4 is 4.18 Å². The van der Waals surface area contributed by atoms with E-state index in [1.807, 2.05) is 45.9 Å². The van der Waals surface area contributed by atoms with Gasteiger partial charge in [-0.1, -0.05) is 27.7 Å². The van der Waals surface area contributed by atoms with Crippen molar-refractivity contribution in [3.05, 3.63) is 60.7 Å². The van der Waals surface area contributed by atoms with Gasteiger partial charge in [0.15, 0.2) is 0 Å². The van der Waals surface area contributed by atoms with Gasteiger partial charge >= 0.3 is 0 Å². The van der Waals surface area contributed by atoms with Crippen LogP contribution in [0.1, 0.15) is 27.7 Å². The normalized spacial score (nSPS) is 10.8. The van der Waals surface area contributed by atoms with Crippen LogP contribution in [0.4, 0.5) is 5.69 Å². The first kappa shape index (κ1) is 36.7. The molecule has 5 nitrogen and oxygen atoms in total. The molecule has 0 heterocycles. The summed E-state index contributed by atoms with van der Waals surface area (Å²) in [5, 5.41) is 0. The van der Waals surface area contributed by atoms with Gasteiger partial charge in [-0.25, -0.2) is 12.9 Å². The van der Waals surface area contributed by atoms with Crippen LogP contribution in [0, 0.1) is 12.1 Å². The van der Waals surface area contributed by atoms with Crippen molar-refractivity contribution in [1.29, 1.82) is 0 Å². The van der Waals surface area contributed by atoms with Crippen LogP contribution in [0.15, 0.2) is 57.3 Å². The van der Waals surface area contributed by atoms with Gasteiger partial charge in [0.2, 0.25) is 10.0 Å². The molecule has 2 rings (SSSR count). The Labute approximate surface area is 229 Å². The SMILES string of the molecule is CC.CC.CN=S(C)(=O)Oc1[c-]cccc1.CS(C)(=O)=Nc1[c-]cccc1.[Y].[Y]. The van der Waals surface area contributed by atoms with Gasteiger partial charge in [0, 0.05) is 100 Å². The molecule has 2 aromatic carbocycles. The van der Waals surface area contributed by atoms with Crippen molar-refractivity contribution in [1.82, 2.24) is 0 Å². The fourth-order valence-corrected chi connectivity index (χ4v) is 2.41. The van der Waals surface area contributed by atoms with Crippen LogP contribution in [-0.4, -0.2) is 34.2 Å². The molecule has 1 unspecified atom stereocenters. The number of rotatable bonds is 3. The monoisotopic (exact) mass is 590 g/mol. The van der Waals surface area contributed by atoms with E-state index in [-0.39, 0.29) is 65.4 Å². The molecule has 0 N–H and O–H groups in total. The summed E-state index contributed by atoms with van der Waals surface area (Å²) in [6.07, 6.45) is 4.65. The second-order valence-corrected chi connectivity index (χ2v) is 9.29. The summed E-state index contributed by atoms with van der Waals surface area (Å²) in [7, 11) is -3.10. The van der Waals surface area contributed by atoms with Gasteiger partial charge in [0.25, 0.3) is 0 Å². The summed E-state index contributed by atoms with van der Waals surface area (Å²) in [5.74, 6) is 0.454. The maximum atomic E-state index is 11.3. The van der Waals surface area contributed by atoms with Crippen molar-refractivity contribution < 1.29 is 78.0 Å². The Balaban J connectivity index is -0.000000174. The minimum atomic E-state index is -2.53. The molecule has 1 atom stereocenters. The van der Waals surface area contributed by atoms with Gasteiger partial charge < -0.3 is 4.18 Å². The Morgan fingerprint density at radius 2 is 1.31 bits per heavy atom. The second-order valence-electron chi connectivity index (χ2n) is 4.75. The predicted octanol–water partition coefficient (Wildman–Crippen LogP) is 5.40. The molecular formula is C20H32N2O3S2Y2-2. The van der Waals surface area contributed by atoms with Gasteiger partial charge in [0.1, 0.15) is 0 Å². The zero-order valence-electron chi connectivity index (χ0n) is 18.7. The Morgan fingerprint density at radius 1 is 0.828 bits per heavy atom. The molecule has 0 aliphatic carbocycles. The first-order valence-corrected chi connectivity index (χ1v) is 12.8. The van der Waals surface area contributed by atoms with Crippen molar-refractivity contribution in [2.45, 2.75) is 27.7 Å². The third kappa shape index (κ3) is 22.8. The summed E-state index contributed by atoms with van der Waals surface area (Å²) >= 11 is 0. The Morgan fingerprint density at radius 3 is 1.66 bits per heavy atom. The van der Waals surface area contributed by atoms with Crippen molar-refractivity contribution in [3.8, 4) is 5.75 Å². The van der Waals surface area contributed by atoms with Crippen LogP contribution in [0.25, 0.3) is 0 Å². The van der Waals surface area contributed by atoms with E-state index in [4.69, 9.17) is 4.18 Å². The molecule has 0 amide bonds. The first-order valence-electron chi connectivity index (χ1n) is 8.62. The fraction of sp³-hybridized carbons (Fsp3) is 0.400. The first-order chi connectivity index (χ1) is 12.7. The maximum absolute atomic E-state index is 11.3. The quantitative estimate of drug-likeness (QED) is 0.450. The zero-order chi connectivity index (χ0) is 21.3. The molecule has 2 radical (unpaired) electrons. The minimum Gasteiger partial charge on any atom is -0.423 e. The third-order valence-corrected chi connectivity index (χ3v) is 4.06. The van der Waals surface area contributed by atoms with E-state index < -0.39 is 19.7 Å². The van der Waals surface area contributed by atoms with Crippen molar-refractivity contribution >= 4 is 25.4 Å². The molecule has 29 heavy (non-hydrogen) atoms. The van der Waals surface area contributed by atoms with Crippen LogP contribution >= 0.6 is 0 Å². The van der Waals surface area contributed by atoms with E-state index in [0.717, 1.165) is 0 Å². The molecule has 0 fully saturated rings. The third-order valence-electron chi connectivity index (χ3n) is 2.27. The Bertz CT molecular complexity index is 839. The molecule has 0 saturated heterocycles. The predicted molar refractivity (Wildman–Crippen MR) is 118 cm³/mol. The van der Waals surface area contributed by atoms with Crippen LogP contribution in [-0.2, 0) is 85.2 Å². The molecule has 2 aromatic rings. The van der Waals surface area contributed by atoms with Crippen molar-refractivity contribution in [2.75, 3.05) is 25.8 Å². The molecule has 0 bridgehead atoms. The van der Waals surface area contributed by atoms with Gasteiger partial charge in [-0.3, -0.25) is 4.21 Å². The molecule has 160 valence electrons. The van der Waals surface area contributed by atoms with E-state index in [9.17, 15) is 8.42 Å². The largest absolute Gasteiger partial charge is 0.423 e. The summed E-state index contributed by atoms with van der Waals surface area (Å²) in [6, 6.07) is 19.9. The van der Waals surface area contributed by atoms with Gasteiger partial charge in [-0.2, -0.15) is 42.5 Å². The zero-order valence-corrected chi connectivity index (χ0v) is 26.0. The van der Waals surface area contributed by atoms with Crippen LogP contribution in [0.5, 0.6) is 5.75 Å². The summed E-state index contributed by atoms with van der Waals surface area (Å²) in [4.78, 5) is 0. The topological polar surface area (TPSA) is 68.1 Å². The van der Waals surface area contributed by atoms with E-state index in [1.165, 1.54) is 13.3 Å². The van der Waals surface area contributed by atoms with E-state index in [1.54, 1.807) is 42.8 Å². The van der Waals surface area contributed by atoms with Gasteiger partial charge in [-0.15, -0.1) is 18.2 Å². The van der Waals surface area contributed by atoms with Gasteiger partial charge in [-0.05, 0) is 5.69 Å². The fourth-order valence-electron chi connectivity index (χ4n) is 1.31. The van der Waals surface area contributed by atoms with E-state index >= 15 is 0 Å². The van der Waals surface area contributed by atoms with Gasteiger partial charge in [0.05, 0.1) is 6.26 Å². The Hall–Kier alpha value is 0.348. The summed E-state index contributed by atoms with van der Waals surface area (Å²) in [5.41, 5.74) is 0.655. The molecule has 0 spiro atoms. The molecule has 0 aromatic heterocycles. The number of hydrogen-bond acceptors (Lipinski definition) is 5. The number of hydrogen-bond donors (Lipinski definition) is 0. The average molecular weight is 590 g/mol. The molecule has 9 heteroatoms. The number of benzene rings is 2. The maximum Gasteiger partial charge on any atom is 0.200 e. The van der Waals surface area contributed by atoms with Crippen molar-refractivity contribution in [3.63, 3.8) is 0 Å². The van der Waals surface area contributed by atoms with Crippen LogP contribution in [0.2, 0.25) is 0 Å². The van der Waals surface area contributed by atoms with E-state index in [2.05, 4.69) is 20.9 Å². The minimum absolute atomic E-state index is 0. The number of para-hydroxylation sites is 1. The molecule has 0 aliphatic heterocycles. The molecular weight excluding hydrogens is 558 g/mol. The molecule has 0 aliphatic rings. The van der Waals surface area contributed by atoms with Crippen LogP contribution in [0.3, 0.4) is 0 Å². The van der Waals surface area contributed by atoms with Crippen molar-refractivity contribution in [2.24, 2.45) is 8.73 Å². The summed E-state index contributed by atoms with van der Waals surface area (Å²) < 4.78 is 35.1. The average Bonchev–Trinajstić information content (AvgIpc) is 2.65.